The van der Waals surface area contributed by atoms with E-state index in [1.54, 1.807) is 0 Å². The van der Waals surface area contributed by atoms with E-state index in [1.165, 1.54) is 30.3 Å². The number of pyridine rings is 2. The van der Waals surface area contributed by atoms with Crippen molar-refractivity contribution in [3.05, 3.63) is 71.9 Å². The maximum absolute atomic E-state index is 14.0. The number of nitrogens with two attached hydrogens (primary N) is 2. The number of anilines is 3. The van der Waals surface area contributed by atoms with Crippen LogP contribution in [0.5, 0.6) is 5.75 Å². The van der Waals surface area contributed by atoms with Crippen LogP contribution in [-0.4, -0.2) is 36.7 Å². The summed E-state index contributed by atoms with van der Waals surface area (Å²) in [4.78, 5) is 11.2. The van der Waals surface area contributed by atoms with E-state index in [1.807, 2.05) is 36.4 Å². The van der Waals surface area contributed by atoms with Crippen LogP contribution < -0.4 is 26.2 Å². The smallest absolute Gasteiger partial charge is 0.419 e. The Bertz CT molecular complexity index is 1590. The molecular weight excluding hydrogens is 531 g/mol. The molecule has 212 valence electrons. The minimum absolute atomic E-state index is 0.0524. The van der Waals surface area contributed by atoms with E-state index in [0.717, 1.165) is 48.7 Å². The molecule has 8 nitrogen and oxygen atoms in total. The molecule has 0 aliphatic carbocycles. The zero-order chi connectivity index (χ0) is 29.1. The van der Waals surface area contributed by atoms with E-state index in [2.05, 4.69) is 16.0 Å². The average molecular weight is 562 g/mol. The summed E-state index contributed by atoms with van der Waals surface area (Å²) < 4.78 is 47.8. The van der Waals surface area contributed by atoms with Gasteiger partial charge in [-0.05, 0) is 67.6 Å². The normalized spacial score (nSPS) is 14.2. The highest BCUT2D eigenvalue weighted by Gasteiger charge is 2.35. The van der Waals surface area contributed by atoms with Crippen molar-refractivity contribution in [1.29, 1.82) is 5.26 Å². The third-order valence-corrected chi connectivity index (χ3v) is 7.41. The van der Waals surface area contributed by atoms with Gasteiger partial charge in [0.25, 0.3) is 0 Å². The number of nitrogens with zero attached hydrogens (tertiary/aromatic N) is 5. The SMILES string of the molecule is CN(N)c1cc(-c2ccc(OCCC3CCN(c4ccc5ccccc5n4)CC3)c(C(F)(F)F)c2)nc(C#N)c1N. The van der Waals surface area contributed by atoms with Crippen LogP contribution in [0.2, 0.25) is 0 Å². The fourth-order valence-electron chi connectivity index (χ4n) is 5.12. The van der Waals surface area contributed by atoms with Gasteiger partial charge in [-0.2, -0.15) is 18.4 Å². The molecular formula is C30H30F3N7O. The second-order valence-electron chi connectivity index (χ2n) is 10.2. The van der Waals surface area contributed by atoms with Gasteiger partial charge in [0.15, 0.2) is 5.69 Å². The topological polar surface area (TPSA) is 117 Å². The average Bonchev–Trinajstić information content (AvgIpc) is 2.97. The zero-order valence-corrected chi connectivity index (χ0v) is 22.5. The Balaban J connectivity index is 1.24. The Morgan fingerprint density at radius 3 is 2.54 bits per heavy atom. The van der Waals surface area contributed by atoms with Gasteiger partial charge in [-0.15, -0.1) is 0 Å². The van der Waals surface area contributed by atoms with Crippen LogP contribution in [0.4, 0.5) is 30.4 Å². The molecule has 0 unspecified atom stereocenters. The second kappa shape index (κ2) is 11.5. The zero-order valence-electron chi connectivity index (χ0n) is 22.5. The number of benzene rings is 2. The lowest BCUT2D eigenvalue weighted by Gasteiger charge is -2.33. The van der Waals surface area contributed by atoms with Gasteiger partial charge in [-0.3, -0.25) is 0 Å². The van der Waals surface area contributed by atoms with Crippen LogP contribution in [0, 0.1) is 17.2 Å². The Hall–Kier alpha value is -4.56. The van der Waals surface area contributed by atoms with Crippen molar-refractivity contribution in [3.63, 3.8) is 0 Å². The van der Waals surface area contributed by atoms with Crippen molar-refractivity contribution in [1.82, 2.24) is 9.97 Å². The molecule has 0 amide bonds. The van der Waals surface area contributed by atoms with Gasteiger partial charge < -0.3 is 20.4 Å². The van der Waals surface area contributed by atoms with E-state index in [4.69, 9.17) is 21.3 Å². The molecule has 2 aromatic carbocycles. The van der Waals surface area contributed by atoms with Crippen LogP contribution in [0.3, 0.4) is 0 Å². The van der Waals surface area contributed by atoms with Crippen LogP contribution in [0.15, 0.2) is 60.7 Å². The molecule has 0 spiro atoms. The lowest BCUT2D eigenvalue weighted by molar-refractivity contribution is -0.138. The first-order chi connectivity index (χ1) is 19.6. The number of piperidine rings is 1. The van der Waals surface area contributed by atoms with Crippen molar-refractivity contribution in [2.24, 2.45) is 11.8 Å². The molecule has 4 N–H and O–H groups in total. The number of ether oxygens (including phenoxy) is 1. The third kappa shape index (κ3) is 6.12. The summed E-state index contributed by atoms with van der Waals surface area (Å²) in [5.41, 5.74) is 6.50. The number of alkyl halides is 3. The Morgan fingerprint density at radius 1 is 1.07 bits per heavy atom. The van der Waals surface area contributed by atoms with Gasteiger partial charge in [0.2, 0.25) is 0 Å². The van der Waals surface area contributed by atoms with Gasteiger partial charge in [-0.25, -0.2) is 15.8 Å². The lowest BCUT2D eigenvalue weighted by Crippen LogP contribution is -2.34. The van der Waals surface area contributed by atoms with Gasteiger partial charge >= 0.3 is 6.18 Å². The standard InChI is InChI=1S/C30H30F3N7O/c1-39(36)26-17-24(37-25(18-34)29(26)35)21-6-8-27(22(16-21)30(31,32)33)41-15-12-19-10-13-40(14-11-19)28-9-7-20-4-2-3-5-23(20)38-28/h2-9,16-17,19H,10-15,35-36H2,1H3. The monoisotopic (exact) mass is 561 g/mol. The number of para-hydroxylation sites is 1. The Labute approximate surface area is 235 Å². The molecule has 1 aliphatic rings. The molecule has 2 aromatic heterocycles. The van der Waals surface area contributed by atoms with E-state index in [-0.39, 0.29) is 40.7 Å². The molecule has 5 rings (SSSR count). The number of halogens is 3. The maximum Gasteiger partial charge on any atom is 0.419 e. The number of fused-ring (bicyclic) bond motifs is 1. The summed E-state index contributed by atoms with van der Waals surface area (Å²) >= 11 is 0. The first kappa shape index (κ1) is 28.0. The summed E-state index contributed by atoms with van der Waals surface area (Å²) in [5, 5.41) is 11.7. The lowest BCUT2D eigenvalue weighted by atomic mass is 9.94. The van der Waals surface area contributed by atoms with E-state index in [0.29, 0.717) is 12.3 Å². The predicted octanol–water partition coefficient (Wildman–Crippen LogP) is 5.76. The molecule has 0 bridgehead atoms. The molecule has 0 saturated carbocycles. The van der Waals surface area contributed by atoms with E-state index in [9.17, 15) is 18.4 Å². The van der Waals surface area contributed by atoms with E-state index < -0.39 is 11.7 Å². The molecule has 3 heterocycles. The summed E-state index contributed by atoms with van der Waals surface area (Å²) in [5.74, 6) is 6.83. The molecule has 4 aromatic rings. The van der Waals surface area contributed by atoms with Crippen LogP contribution >= 0.6 is 0 Å². The Kier molecular flexibility index (Phi) is 7.85. The fraction of sp³-hybridized carbons (Fsp3) is 0.300. The van der Waals surface area contributed by atoms with Crippen LogP contribution in [0.25, 0.3) is 22.2 Å². The van der Waals surface area contributed by atoms with Crippen molar-refractivity contribution in [2.75, 3.05) is 42.4 Å². The quantitative estimate of drug-likeness (QED) is 0.216. The van der Waals surface area contributed by atoms with Crippen LogP contribution in [-0.2, 0) is 6.18 Å². The van der Waals surface area contributed by atoms with Crippen molar-refractivity contribution in [2.45, 2.75) is 25.4 Å². The Morgan fingerprint density at radius 2 is 1.83 bits per heavy atom. The first-order valence-electron chi connectivity index (χ1n) is 13.3. The number of nitriles is 1. The highest BCUT2D eigenvalue weighted by atomic mass is 19.4. The van der Waals surface area contributed by atoms with Gasteiger partial charge in [0.05, 0.1) is 34.8 Å². The second-order valence-corrected chi connectivity index (χ2v) is 10.2. The van der Waals surface area contributed by atoms with Crippen molar-refractivity contribution < 1.29 is 17.9 Å². The molecule has 0 radical (unpaired) electrons. The molecule has 1 saturated heterocycles. The van der Waals surface area contributed by atoms with Crippen LogP contribution in [0.1, 0.15) is 30.5 Å². The summed E-state index contributed by atoms with van der Waals surface area (Å²) in [6, 6.07) is 19.2. The number of hydrogen-bond donors (Lipinski definition) is 2. The minimum atomic E-state index is -4.65. The van der Waals surface area contributed by atoms with Crippen molar-refractivity contribution in [3.8, 4) is 23.1 Å². The highest BCUT2D eigenvalue weighted by molar-refractivity contribution is 5.80. The summed E-state index contributed by atoms with van der Waals surface area (Å²) in [6.07, 6.45) is -2.19. The van der Waals surface area contributed by atoms with E-state index >= 15 is 0 Å². The number of hydrazine groups is 1. The molecule has 1 fully saturated rings. The molecule has 11 heteroatoms. The van der Waals surface area contributed by atoms with Crippen molar-refractivity contribution >= 4 is 28.1 Å². The summed E-state index contributed by atoms with van der Waals surface area (Å²) in [7, 11) is 1.51. The maximum atomic E-state index is 14.0. The molecule has 0 atom stereocenters. The first-order valence-corrected chi connectivity index (χ1v) is 13.3. The number of hydrogen-bond acceptors (Lipinski definition) is 8. The number of rotatable bonds is 7. The molecule has 41 heavy (non-hydrogen) atoms. The largest absolute Gasteiger partial charge is 0.493 e. The highest BCUT2D eigenvalue weighted by Crippen LogP contribution is 2.40. The van der Waals surface area contributed by atoms with Gasteiger partial charge in [0.1, 0.15) is 17.6 Å². The molecule has 1 aliphatic heterocycles. The third-order valence-electron chi connectivity index (χ3n) is 7.41. The summed E-state index contributed by atoms with van der Waals surface area (Å²) in [6.45, 7) is 1.83. The number of aromatic nitrogens is 2. The van der Waals surface area contributed by atoms with Gasteiger partial charge in [-0.1, -0.05) is 18.2 Å². The predicted molar refractivity (Wildman–Crippen MR) is 153 cm³/mol. The number of nitrogen functional groups attached to an aromatic ring is 1. The minimum Gasteiger partial charge on any atom is -0.493 e. The fourth-order valence-corrected chi connectivity index (χ4v) is 5.12. The van der Waals surface area contributed by atoms with Gasteiger partial charge in [0, 0.05) is 31.1 Å².